The van der Waals surface area contributed by atoms with Gasteiger partial charge in [0.15, 0.2) is 0 Å². The summed E-state index contributed by atoms with van der Waals surface area (Å²) < 4.78 is 21.6. The van der Waals surface area contributed by atoms with Crippen LogP contribution in [0.3, 0.4) is 0 Å². The van der Waals surface area contributed by atoms with Gasteiger partial charge in [-0.15, -0.1) is 0 Å². The van der Waals surface area contributed by atoms with Gasteiger partial charge in [0.2, 0.25) is 0 Å². The number of aryl methyl sites for hydroxylation is 1. The van der Waals surface area contributed by atoms with E-state index in [2.05, 4.69) is 12.1 Å². The van der Waals surface area contributed by atoms with E-state index in [4.69, 9.17) is 18.9 Å². The zero-order valence-corrected chi connectivity index (χ0v) is 16.2. The van der Waals surface area contributed by atoms with E-state index in [1.807, 2.05) is 43.4 Å². The third-order valence-electron chi connectivity index (χ3n) is 4.04. The van der Waals surface area contributed by atoms with Crippen LogP contribution in [0, 0.1) is 0 Å². The van der Waals surface area contributed by atoms with Crippen LogP contribution in [0.4, 0.5) is 0 Å². The van der Waals surface area contributed by atoms with Gasteiger partial charge >= 0.3 is 0 Å². The Morgan fingerprint density at radius 1 is 1.15 bits per heavy atom. The Bertz CT molecular complexity index is 548. The number of unbranched alkanes of at least 4 members (excludes halogenated alkanes) is 1. The predicted octanol–water partition coefficient (Wildman–Crippen LogP) is 3.31. The van der Waals surface area contributed by atoms with E-state index in [9.17, 15) is 5.11 Å². The quantitative estimate of drug-likeness (QED) is 0.289. The summed E-state index contributed by atoms with van der Waals surface area (Å²) in [7, 11) is 0. The zero-order valence-electron chi connectivity index (χ0n) is 16.2. The SMILES string of the molecule is C/C=C/C=C/COCC(O)COc1ccc(CCCCOCC2CO2)cc1. The van der Waals surface area contributed by atoms with Crippen molar-refractivity contribution < 1.29 is 24.1 Å². The summed E-state index contributed by atoms with van der Waals surface area (Å²) in [6, 6.07) is 8.04. The molecule has 1 aliphatic rings. The van der Waals surface area contributed by atoms with Gasteiger partial charge in [0.1, 0.15) is 24.6 Å². The van der Waals surface area contributed by atoms with Gasteiger partial charge in [-0.1, -0.05) is 36.4 Å². The van der Waals surface area contributed by atoms with Crippen molar-refractivity contribution in [2.45, 2.75) is 38.4 Å². The molecule has 1 fully saturated rings. The maximum absolute atomic E-state index is 9.89. The lowest BCUT2D eigenvalue weighted by atomic mass is 10.1. The Morgan fingerprint density at radius 3 is 2.70 bits per heavy atom. The van der Waals surface area contributed by atoms with Gasteiger partial charge in [0.25, 0.3) is 0 Å². The van der Waals surface area contributed by atoms with Crippen molar-refractivity contribution in [1.29, 1.82) is 0 Å². The molecule has 0 radical (unpaired) electrons. The van der Waals surface area contributed by atoms with E-state index in [0.717, 1.165) is 44.8 Å². The first-order chi connectivity index (χ1) is 13.3. The largest absolute Gasteiger partial charge is 0.491 e. The molecule has 2 rings (SSSR count). The average molecular weight is 376 g/mol. The molecule has 0 amide bonds. The highest BCUT2D eigenvalue weighted by molar-refractivity contribution is 5.27. The fourth-order valence-electron chi connectivity index (χ4n) is 2.42. The Balaban J connectivity index is 1.51. The van der Waals surface area contributed by atoms with Crippen LogP contribution in [0.5, 0.6) is 5.75 Å². The Labute approximate surface area is 162 Å². The van der Waals surface area contributed by atoms with Gasteiger partial charge in [-0.05, 0) is 43.9 Å². The van der Waals surface area contributed by atoms with Gasteiger partial charge < -0.3 is 24.1 Å². The van der Waals surface area contributed by atoms with E-state index in [0.29, 0.717) is 12.7 Å². The molecule has 150 valence electrons. The van der Waals surface area contributed by atoms with Crippen LogP contribution in [0.25, 0.3) is 0 Å². The molecule has 1 N–H and O–H groups in total. The molecule has 1 heterocycles. The van der Waals surface area contributed by atoms with Crippen molar-refractivity contribution in [3.8, 4) is 5.75 Å². The van der Waals surface area contributed by atoms with Crippen molar-refractivity contribution >= 4 is 0 Å². The summed E-state index contributed by atoms with van der Waals surface area (Å²) in [4.78, 5) is 0. The third-order valence-corrected chi connectivity index (χ3v) is 4.04. The second-order valence-corrected chi connectivity index (χ2v) is 6.59. The molecular formula is C22H32O5. The number of rotatable bonds is 15. The van der Waals surface area contributed by atoms with Crippen molar-refractivity contribution in [2.24, 2.45) is 0 Å². The second kappa shape index (κ2) is 13.5. The lowest BCUT2D eigenvalue weighted by molar-refractivity contribution is 0.0213. The summed E-state index contributed by atoms with van der Waals surface area (Å²) >= 11 is 0. The average Bonchev–Trinajstić information content (AvgIpc) is 3.51. The van der Waals surface area contributed by atoms with Crippen molar-refractivity contribution in [3.05, 3.63) is 54.1 Å². The molecule has 2 atom stereocenters. The number of benzene rings is 1. The van der Waals surface area contributed by atoms with Gasteiger partial charge in [-0.3, -0.25) is 0 Å². The first kappa shape index (κ1) is 21.6. The maximum Gasteiger partial charge on any atom is 0.119 e. The summed E-state index contributed by atoms with van der Waals surface area (Å²) in [5, 5.41) is 9.89. The minimum Gasteiger partial charge on any atom is -0.491 e. The van der Waals surface area contributed by atoms with Gasteiger partial charge in [0, 0.05) is 6.61 Å². The van der Waals surface area contributed by atoms with Gasteiger partial charge in [-0.25, -0.2) is 0 Å². The normalized spacial score (nSPS) is 17.6. The number of allylic oxidation sites excluding steroid dienone is 3. The topological polar surface area (TPSA) is 60.5 Å². The maximum atomic E-state index is 9.89. The lowest BCUT2D eigenvalue weighted by Gasteiger charge is -2.12. The van der Waals surface area contributed by atoms with Gasteiger partial charge in [-0.2, -0.15) is 0 Å². The molecule has 1 aromatic carbocycles. The molecule has 2 unspecified atom stereocenters. The van der Waals surface area contributed by atoms with Crippen LogP contribution in [0.2, 0.25) is 0 Å². The van der Waals surface area contributed by atoms with Crippen LogP contribution >= 0.6 is 0 Å². The first-order valence-electron chi connectivity index (χ1n) is 9.72. The highest BCUT2D eigenvalue weighted by Crippen LogP contribution is 2.14. The third kappa shape index (κ3) is 10.9. The highest BCUT2D eigenvalue weighted by atomic mass is 16.6. The minimum atomic E-state index is -0.638. The van der Waals surface area contributed by atoms with Gasteiger partial charge in [0.05, 0.1) is 26.4 Å². The summed E-state index contributed by atoms with van der Waals surface area (Å²) in [5.74, 6) is 0.763. The molecular weight excluding hydrogens is 344 g/mol. The van der Waals surface area contributed by atoms with Crippen molar-refractivity contribution in [3.63, 3.8) is 0 Å². The lowest BCUT2D eigenvalue weighted by Crippen LogP contribution is -2.23. The Kier molecular flexibility index (Phi) is 10.8. The van der Waals surface area contributed by atoms with Crippen molar-refractivity contribution in [2.75, 3.05) is 39.6 Å². The number of aliphatic hydroxyl groups is 1. The summed E-state index contributed by atoms with van der Waals surface area (Å²) in [5.41, 5.74) is 1.28. The van der Waals surface area contributed by atoms with E-state index in [-0.39, 0.29) is 13.2 Å². The molecule has 1 saturated heterocycles. The van der Waals surface area contributed by atoms with Crippen LogP contribution in [0.1, 0.15) is 25.3 Å². The number of aliphatic hydroxyl groups excluding tert-OH is 1. The van der Waals surface area contributed by atoms with E-state index >= 15 is 0 Å². The van der Waals surface area contributed by atoms with Crippen molar-refractivity contribution in [1.82, 2.24) is 0 Å². The fraction of sp³-hybridized carbons (Fsp3) is 0.545. The zero-order chi connectivity index (χ0) is 19.2. The number of hydrogen-bond donors (Lipinski definition) is 1. The number of epoxide rings is 1. The molecule has 1 aromatic rings. The van der Waals surface area contributed by atoms with Crippen LogP contribution in [-0.4, -0.2) is 57.0 Å². The second-order valence-electron chi connectivity index (χ2n) is 6.59. The molecule has 0 aliphatic carbocycles. The van der Waals surface area contributed by atoms with Crippen LogP contribution in [-0.2, 0) is 20.6 Å². The molecule has 0 bridgehead atoms. The first-order valence-corrected chi connectivity index (χ1v) is 9.72. The molecule has 27 heavy (non-hydrogen) atoms. The molecule has 5 nitrogen and oxygen atoms in total. The Morgan fingerprint density at radius 2 is 1.96 bits per heavy atom. The smallest absolute Gasteiger partial charge is 0.119 e. The predicted molar refractivity (Wildman–Crippen MR) is 106 cm³/mol. The minimum absolute atomic E-state index is 0.222. The highest BCUT2D eigenvalue weighted by Gasteiger charge is 2.21. The number of ether oxygens (including phenoxy) is 4. The molecule has 0 aromatic heterocycles. The molecule has 0 spiro atoms. The fourth-order valence-corrected chi connectivity index (χ4v) is 2.42. The number of hydrogen-bond acceptors (Lipinski definition) is 5. The summed E-state index contributed by atoms with van der Waals surface area (Å²) in [6.45, 7) is 5.30. The molecule has 5 heteroatoms. The Hall–Kier alpha value is -1.66. The molecule has 1 aliphatic heterocycles. The summed E-state index contributed by atoms with van der Waals surface area (Å²) in [6.07, 6.45) is 10.6. The molecule has 0 saturated carbocycles. The van der Waals surface area contributed by atoms with Crippen LogP contribution in [0.15, 0.2) is 48.6 Å². The monoisotopic (exact) mass is 376 g/mol. The van der Waals surface area contributed by atoms with E-state index in [1.165, 1.54) is 5.56 Å². The van der Waals surface area contributed by atoms with E-state index in [1.54, 1.807) is 0 Å². The standard InChI is InChI=1S/C22H32O5/c1-2-3-4-6-13-24-15-20(23)16-26-21-11-9-19(10-12-21)8-5-7-14-25-17-22-18-27-22/h2-4,6,9-12,20,22-23H,5,7-8,13-18H2,1H3/b3-2+,6-4+. The van der Waals surface area contributed by atoms with E-state index < -0.39 is 6.10 Å². The van der Waals surface area contributed by atoms with Crippen LogP contribution < -0.4 is 4.74 Å².